The molecule has 2 rings (SSSR count). The van der Waals surface area contributed by atoms with E-state index >= 15 is 0 Å². The van der Waals surface area contributed by atoms with Crippen LogP contribution in [-0.2, 0) is 0 Å². The van der Waals surface area contributed by atoms with Gasteiger partial charge in [0.2, 0.25) is 0 Å². The van der Waals surface area contributed by atoms with Crippen molar-refractivity contribution in [1.29, 1.82) is 0 Å². The van der Waals surface area contributed by atoms with Crippen molar-refractivity contribution < 1.29 is 0 Å². The van der Waals surface area contributed by atoms with Gasteiger partial charge in [-0.3, -0.25) is 0 Å². The molecule has 0 saturated heterocycles. The summed E-state index contributed by atoms with van der Waals surface area (Å²) in [6.45, 7) is 1.98. The number of nitrogens with two attached hydrogens (primary N) is 1. The Balaban J connectivity index is 2.43. The second kappa shape index (κ2) is 5.41. The van der Waals surface area contributed by atoms with E-state index in [1.807, 2.05) is 31.2 Å². The van der Waals surface area contributed by atoms with Crippen LogP contribution in [0.3, 0.4) is 0 Å². The second-order valence-corrected chi connectivity index (χ2v) is 7.36. The second-order valence-electron chi connectivity index (χ2n) is 3.73. The summed E-state index contributed by atoms with van der Waals surface area (Å²) in [6.07, 6.45) is 0. The zero-order valence-corrected chi connectivity index (χ0v) is 13.8. The van der Waals surface area contributed by atoms with Gasteiger partial charge in [0.05, 0.1) is 9.83 Å². The SMILES string of the molecule is Cc1cccc(C(N)c2cc(Br)c(Br)s2)c1Cl. The number of aryl methyl sites for hydroxylation is 1. The van der Waals surface area contributed by atoms with Crippen molar-refractivity contribution in [2.75, 3.05) is 0 Å². The van der Waals surface area contributed by atoms with Gasteiger partial charge < -0.3 is 5.73 Å². The summed E-state index contributed by atoms with van der Waals surface area (Å²) in [5, 5.41) is 0.751. The Morgan fingerprint density at radius 3 is 2.65 bits per heavy atom. The highest BCUT2D eigenvalue weighted by Gasteiger charge is 2.16. The van der Waals surface area contributed by atoms with E-state index in [1.54, 1.807) is 11.3 Å². The van der Waals surface area contributed by atoms with Gasteiger partial charge in [-0.15, -0.1) is 11.3 Å². The number of rotatable bonds is 2. The van der Waals surface area contributed by atoms with Crippen LogP contribution in [0.5, 0.6) is 0 Å². The normalized spacial score (nSPS) is 12.8. The maximum Gasteiger partial charge on any atom is 0.0843 e. The lowest BCUT2D eigenvalue weighted by molar-refractivity contribution is 0.891. The molecule has 0 bridgehead atoms. The van der Waals surface area contributed by atoms with Crippen molar-refractivity contribution in [3.63, 3.8) is 0 Å². The van der Waals surface area contributed by atoms with E-state index in [2.05, 4.69) is 31.9 Å². The fraction of sp³-hybridized carbons (Fsp3) is 0.167. The molecule has 1 heterocycles. The largest absolute Gasteiger partial charge is 0.320 e. The lowest BCUT2D eigenvalue weighted by Gasteiger charge is -2.13. The Morgan fingerprint density at radius 2 is 2.06 bits per heavy atom. The lowest BCUT2D eigenvalue weighted by Crippen LogP contribution is -2.11. The zero-order valence-electron chi connectivity index (χ0n) is 9.01. The molecule has 1 atom stereocenters. The average Bonchev–Trinajstić information content (AvgIpc) is 2.62. The van der Waals surface area contributed by atoms with Crippen LogP contribution in [0.1, 0.15) is 22.0 Å². The van der Waals surface area contributed by atoms with E-state index in [0.29, 0.717) is 0 Å². The van der Waals surface area contributed by atoms with E-state index in [9.17, 15) is 0 Å². The molecule has 1 unspecified atom stereocenters. The van der Waals surface area contributed by atoms with Gasteiger partial charge in [-0.25, -0.2) is 0 Å². The van der Waals surface area contributed by atoms with Crippen molar-refractivity contribution >= 4 is 54.8 Å². The Morgan fingerprint density at radius 1 is 1.35 bits per heavy atom. The summed E-state index contributed by atoms with van der Waals surface area (Å²) in [6, 6.07) is 7.78. The maximum atomic E-state index is 6.29. The first kappa shape index (κ1) is 13.6. The highest BCUT2D eigenvalue weighted by Crippen LogP contribution is 2.38. The van der Waals surface area contributed by atoms with Crippen molar-refractivity contribution in [2.24, 2.45) is 5.73 Å². The first-order chi connectivity index (χ1) is 8.00. The fourth-order valence-electron chi connectivity index (χ4n) is 1.58. The number of hydrogen-bond acceptors (Lipinski definition) is 2. The molecule has 0 saturated carbocycles. The third kappa shape index (κ3) is 2.76. The van der Waals surface area contributed by atoms with Gasteiger partial charge in [0, 0.05) is 14.4 Å². The summed E-state index contributed by atoms with van der Waals surface area (Å²) >= 11 is 14.8. The molecule has 90 valence electrons. The zero-order chi connectivity index (χ0) is 12.6. The summed E-state index contributed by atoms with van der Waals surface area (Å²) in [5.74, 6) is 0. The molecule has 5 heteroatoms. The van der Waals surface area contributed by atoms with Crippen molar-refractivity contribution in [3.05, 3.63) is 53.6 Å². The quantitative estimate of drug-likeness (QED) is 0.735. The van der Waals surface area contributed by atoms with Crippen LogP contribution in [0.15, 0.2) is 32.5 Å². The van der Waals surface area contributed by atoms with Gasteiger partial charge in [-0.05, 0) is 56.0 Å². The summed E-state index contributed by atoms with van der Waals surface area (Å²) in [4.78, 5) is 1.08. The Labute approximate surface area is 126 Å². The molecule has 0 aliphatic carbocycles. The van der Waals surface area contributed by atoms with Crippen LogP contribution in [0.25, 0.3) is 0 Å². The first-order valence-corrected chi connectivity index (χ1v) is 7.74. The van der Waals surface area contributed by atoms with Crippen molar-refractivity contribution in [2.45, 2.75) is 13.0 Å². The van der Waals surface area contributed by atoms with Gasteiger partial charge in [-0.2, -0.15) is 0 Å². The van der Waals surface area contributed by atoms with Crippen LogP contribution in [-0.4, -0.2) is 0 Å². The number of hydrogen-bond donors (Lipinski definition) is 1. The standard InChI is InChI=1S/C12H10Br2ClNS/c1-6-3-2-4-7(10(6)15)11(16)9-5-8(13)12(14)17-9/h2-5,11H,16H2,1H3. The number of halogens is 3. The van der Waals surface area contributed by atoms with Gasteiger partial charge >= 0.3 is 0 Å². The fourth-order valence-corrected chi connectivity index (χ4v) is 3.93. The van der Waals surface area contributed by atoms with Gasteiger partial charge in [0.25, 0.3) is 0 Å². The van der Waals surface area contributed by atoms with Gasteiger partial charge in [0.1, 0.15) is 0 Å². The average molecular weight is 396 g/mol. The number of benzene rings is 1. The molecule has 0 aliphatic heterocycles. The highest BCUT2D eigenvalue weighted by molar-refractivity contribution is 9.13. The monoisotopic (exact) mass is 393 g/mol. The Hall–Kier alpha value is 0.130. The highest BCUT2D eigenvalue weighted by atomic mass is 79.9. The predicted molar refractivity (Wildman–Crippen MR) is 81.9 cm³/mol. The molecule has 17 heavy (non-hydrogen) atoms. The van der Waals surface area contributed by atoms with E-state index in [4.69, 9.17) is 17.3 Å². The third-order valence-electron chi connectivity index (χ3n) is 2.53. The molecule has 1 aromatic carbocycles. The van der Waals surface area contributed by atoms with Crippen LogP contribution in [0.2, 0.25) is 5.02 Å². The van der Waals surface area contributed by atoms with Crippen molar-refractivity contribution in [1.82, 2.24) is 0 Å². The molecular formula is C12H10Br2ClNS. The minimum absolute atomic E-state index is 0.185. The predicted octanol–water partition coefficient (Wildman–Crippen LogP) is 5.28. The topological polar surface area (TPSA) is 26.0 Å². The van der Waals surface area contributed by atoms with Crippen LogP contribution in [0, 0.1) is 6.92 Å². The maximum absolute atomic E-state index is 6.29. The minimum Gasteiger partial charge on any atom is -0.320 e. The van der Waals surface area contributed by atoms with E-state index in [1.165, 1.54) is 0 Å². The Bertz CT molecular complexity index is 534. The van der Waals surface area contributed by atoms with E-state index < -0.39 is 0 Å². The van der Waals surface area contributed by atoms with E-state index in [0.717, 1.165) is 29.3 Å². The van der Waals surface area contributed by atoms with Crippen LogP contribution in [0.4, 0.5) is 0 Å². The van der Waals surface area contributed by atoms with Crippen LogP contribution >= 0.6 is 54.8 Å². The summed E-state index contributed by atoms with van der Waals surface area (Å²) < 4.78 is 2.07. The summed E-state index contributed by atoms with van der Waals surface area (Å²) in [7, 11) is 0. The molecule has 1 aromatic heterocycles. The molecular weight excluding hydrogens is 385 g/mol. The molecule has 1 nitrogen and oxygen atoms in total. The molecule has 2 aromatic rings. The third-order valence-corrected chi connectivity index (χ3v) is 6.38. The molecule has 0 radical (unpaired) electrons. The molecule has 0 fully saturated rings. The Kier molecular flexibility index (Phi) is 4.31. The van der Waals surface area contributed by atoms with Crippen LogP contribution < -0.4 is 5.73 Å². The molecule has 0 spiro atoms. The smallest absolute Gasteiger partial charge is 0.0843 e. The molecule has 2 N–H and O–H groups in total. The number of thiophene rings is 1. The van der Waals surface area contributed by atoms with Crippen molar-refractivity contribution in [3.8, 4) is 0 Å². The minimum atomic E-state index is -0.185. The van der Waals surface area contributed by atoms with Gasteiger partial charge in [0.15, 0.2) is 0 Å². The van der Waals surface area contributed by atoms with Gasteiger partial charge in [-0.1, -0.05) is 29.8 Å². The van der Waals surface area contributed by atoms with E-state index in [-0.39, 0.29) is 6.04 Å². The first-order valence-electron chi connectivity index (χ1n) is 4.96. The molecule has 0 amide bonds. The molecule has 0 aliphatic rings. The lowest BCUT2D eigenvalue weighted by atomic mass is 10.0. The summed E-state index contributed by atoms with van der Waals surface area (Å²) in [5.41, 5.74) is 8.27.